The average molecular weight is 647 g/mol. The molecule has 0 aliphatic carbocycles. The molecule has 2 unspecified atom stereocenters. The van der Waals surface area contributed by atoms with Crippen LogP contribution in [0.1, 0.15) is 26.0 Å². The molecule has 6 N–H and O–H groups in total. The summed E-state index contributed by atoms with van der Waals surface area (Å²) >= 11 is 8.70. The summed E-state index contributed by atoms with van der Waals surface area (Å²) in [5, 5.41) is 9.52. The van der Waals surface area contributed by atoms with Crippen LogP contribution in [-0.4, -0.2) is 75.1 Å². The zero-order valence-corrected chi connectivity index (χ0v) is 26.3. The first-order valence-electron chi connectivity index (χ1n) is 13.6. The van der Waals surface area contributed by atoms with Gasteiger partial charge in [0.25, 0.3) is 11.8 Å². The predicted octanol–water partition coefficient (Wildman–Crippen LogP) is 1.49. The van der Waals surface area contributed by atoms with Crippen LogP contribution in [0.15, 0.2) is 40.8 Å². The molecule has 1 fully saturated rings. The number of hydrogen-bond donors (Lipinski definition) is 4. The lowest BCUT2D eigenvalue weighted by molar-refractivity contribution is -0.663. The third-order valence-corrected chi connectivity index (χ3v) is 9.46. The van der Waals surface area contributed by atoms with Crippen molar-refractivity contribution >= 4 is 80.5 Å². The number of pyridine rings is 1. The van der Waals surface area contributed by atoms with Crippen molar-refractivity contribution in [2.75, 3.05) is 30.8 Å². The van der Waals surface area contributed by atoms with Crippen LogP contribution in [0, 0.1) is 0 Å². The SMILES string of the molecule is CNCCCn1c(N)cc2c1ccc[n+]2CC1=C(C=O)N2C(=O)C(NC(=O)/C(=N\OC(C)C)c3nc(N)sc3Cl)C2SC1. The maximum atomic E-state index is 13.3. The molecule has 228 valence electrons. The molecule has 5 heterocycles. The number of aldehydes is 1. The summed E-state index contributed by atoms with van der Waals surface area (Å²) in [6, 6.07) is 5.02. The Kier molecular flexibility index (Phi) is 9.25. The Hall–Kier alpha value is -3.66. The summed E-state index contributed by atoms with van der Waals surface area (Å²) in [4.78, 5) is 49.8. The van der Waals surface area contributed by atoms with Gasteiger partial charge in [-0.15, -0.1) is 11.8 Å². The molecule has 0 radical (unpaired) electrons. The van der Waals surface area contributed by atoms with Crippen LogP contribution in [-0.2, 0) is 32.3 Å². The first-order valence-corrected chi connectivity index (χ1v) is 15.9. The van der Waals surface area contributed by atoms with Crippen molar-refractivity contribution in [3.8, 4) is 0 Å². The number of anilines is 2. The van der Waals surface area contributed by atoms with E-state index in [0.717, 1.165) is 47.5 Å². The minimum Gasteiger partial charge on any atom is -0.392 e. The van der Waals surface area contributed by atoms with E-state index in [-0.39, 0.29) is 27.0 Å². The van der Waals surface area contributed by atoms with Gasteiger partial charge in [0, 0.05) is 23.9 Å². The van der Waals surface area contributed by atoms with Gasteiger partial charge < -0.3 is 31.5 Å². The molecule has 1 saturated heterocycles. The minimum atomic E-state index is -0.879. The van der Waals surface area contributed by atoms with Gasteiger partial charge in [-0.25, -0.2) is 4.98 Å². The minimum absolute atomic E-state index is 0.0701. The number of β-lactam (4-membered cyclic amide) rings is 1. The molecule has 2 amide bonds. The smallest absolute Gasteiger partial charge is 0.276 e. The molecule has 5 rings (SSSR count). The van der Waals surface area contributed by atoms with Gasteiger partial charge >= 0.3 is 0 Å². The normalized spacial score (nSPS) is 18.7. The highest BCUT2D eigenvalue weighted by atomic mass is 35.5. The van der Waals surface area contributed by atoms with Crippen molar-refractivity contribution in [3.05, 3.63) is 45.7 Å². The van der Waals surface area contributed by atoms with E-state index in [2.05, 4.69) is 25.3 Å². The molecule has 0 spiro atoms. The maximum absolute atomic E-state index is 13.3. The molecular formula is C27H33ClN9O4S2+. The van der Waals surface area contributed by atoms with E-state index in [1.165, 1.54) is 16.7 Å². The van der Waals surface area contributed by atoms with Crippen molar-refractivity contribution in [2.45, 2.75) is 50.9 Å². The van der Waals surface area contributed by atoms with Crippen LogP contribution >= 0.6 is 34.7 Å². The van der Waals surface area contributed by atoms with Gasteiger partial charge in [0.05, 0.1) is 11.8 Å². The van der Waals surface area contributed by atoms with Crippen LogP contribution in [0.3, 0.4) is 0 Å². The second kappa shape index (κ2) is 12.9. The number of aryl methyl sites for hydroxylation is 1. The Labute approximate surface area is 261 Å². The van der Waals surface area contributed by atoms with Gasteiger partial charge in [0.2, 0.25) is 5.52 Å². The highest BCUT2D eigenvalue weighted by Crippen LogP contribution is 2.40. The first-order chi connectivity index (χ1) is 20.6. The van der Waals surface area contributed by atoms with Gasteiger partial charge in [-0.05, 0) is 39.9 Å². The molecule has 3 aromatic heterocycles. The molecule has 13 nitrogen and oxygen atoms in total. The Morgan fingerprint density at radius 1 is 1.40 bits per heavy atom. The highest BCUT2D eigenvalue weighted by Gasteiger charge is 2.53. The molecule has 3 aromatic rings. The summed E-state index contributed by atoms with van der Waals surface area (Å²) in [6.45, 7) is 5.55. The van der Waals surface area contributed by atoms with Crippen LogP contribution in [0.25, 0.3) is 11.0 Å². The van der Waals surface area contributed by atoms with E-state index in [0.29, 0.717) is 30.1 Å². The van der Waals surface area contributed by atoms with E-state index in [1.54, 1.807) is 13.8 Å². The van der Waals surface area contributed by atoms with Crippen LogP contribution in [0.5, 0.6) is 0 Å². The number of thiazole rings is 1. The number of nitrogens with one attached hydrogen (secondary N) is 2. The lowest BCUT2D eigenvalue weighted by atomic mass is 10.0. The summed E-state index contributed by atoms with van der Waals surface area (Å²) in [6.07, 6.45) is 3.25. The average Bonchev–Trinajstić information content (AvgIpc) is 3.48. The highest BCUT2D eigenvalue weighted by molar-refractivity contribution is 8.00. The standard InChI is InChI=1S/C27H32ClN9O4S2/c1-14(2)41-34-21(20-23(28)43-27(30)33-20)24(39)32-22-25(40)37-18(12-38)15(13-42-26(22)37)11-35-8-4-6-16-17(35)10-19(29)36(16)9-5-7-31-3/h4,6,8,10,12,14,22,26,29,31H,5,7,9,11,13H2,1-3H3,(H3,30,32,33,39)/p+1/b34-21-. The Balaban J connectivity index is 1.35. The van der Waals surface area contributed by atoms with Crippen molar-refractivity contribution in [1.29, 1.82) is 0 Å². The zero-order chi connectivity index (χ0) is 30.8. The summed E-state index contributed by atoms with van der Waals surface area (Å²) < 4.78 is 4.28. The number of oxime groups is 1. The second-order valence-corrected chi connectivity index (χ2v) is 13.1. The molecule has 16 heteroatoms. The van der Waals surface area contributed by atoms with E-state index in [4.69, 9.17) is 27.9 Å². The number of nitrogens with two attached hydrogens (primary N) is 2. The Morgan fingerprint density at radius 2 is 2.19 bits per heavy atom. The van der Waals surface area contributed by atoms with E-state index in [1.807, 2.05) is 36.0 Å². The van der Waals surface area contributed by atoms with Gasteiger partial charge in [-0.2, -0.15) is 4.57 Å². The first kappa shape index (κ1) is 30.8. The quantitative estimate of drug-likeness (QED) is 0.0568. The monoisotopic (exact) mass is 646 g/mol. The Bertz CT molecular complexity index is 1630. The second-order valence-electron chi connectivity index (χ2n) is 10.3. The number of allylic oxidation sites excluding steroid dienone is 1. The Morgan fingerprint density at radius 3 is 2.86 bits per heavy atom. The number of nitrogens with zero attached hydrogens (tertiary/aromatic N) is 5. The third kappa shape index (κ3) is 6.07. The number of carbonyl (C=O) groups is 3. The molecule has 2 aliphatic rings. The molecule has 2 atom stereocenters. The fraction of sp³-hybridized carbons (Fsp3) is 0.407. The van der Waals surface area contributed by atoms with Crippen molar-refractivity contribution in [1.82, 2.24) is 25.1 Å². The molecule has 43 heavy (non-hydrogen) atoms. The fourth-order valence-corrected chi connectivity index (χ4v) is 7.33. The molecule has 0 saturated carbocycles. The number of aromatic nitrogens is 3. The summed E-state index contributed by atoms with van der Waals surface area (Å²) in [5.74, 6) is 0.0606. The maximum Gasteiger partial charge on any atom is 0.276 e. The lowest BCUT2D eigenvalue weighted by Gasteiger charge is -2.49. The van der Waals surface area contributed by atoms with Gasteiger partial charge in [0.15, 0.2) is 29.9 Å². The number of halogens is 1. The zero-order valence-electron chi connectivity index (χ0n) is 23.9. The number of nitrogen functional groups attached to an aromatic ring is 2. The van der Waals surface area contributed by atoms with Crippen LogP contribution in [0.2, 0.25) is 4.34 Å². The number of fused-ring (bicyclic) bond motifs is 2. The van der Waals surface area contributed by atoms with Crippen molar-refractivity contribution < 1.29 is 23.8 Å². The van der Waals surface area contributed by atoms with Crippen molar-refractivity contribution in [3.63, 3.8) is 0 Å². The van der Waals surface area contributed by atoms with Crippen LogP contribution in [0.4, 0.5) is 10.9 Å². The number of hydrogen-bond acceptors (Lipinski definition) is 11. The van der Waals surface area contributed by atoms with Gasteiger partial charge in [-0.1, -0.05) is 28.1 Å². The predicted molar refractivity (Wildman–Crippen MR) is 167 cm³/mol. The van der Waals surface area contributed by atoms with Crippen LogP contribution < -0.4 is 26.7 Å². The van der Waals surface area contributed by atoms with Gasteiger partial charge in [-0.3, -0.25) is 19.3 Å². The van der Waals surface area contributed by atoms with Gasteiger partial charge in [0.1, 0.15) is 38.9 Å². The molecular weight excluding hydrogens is 614 g/mol. The largest absolute Gasteiger partial charge is 0.392 e. The van der Waals surface area contributed by atoms with Crippen molar-refractivity contribution in [2.24, 2.45) is 5.16 Å². The van der Waals surface area contributed by atoms with E-state index in [9.17, 15) is 14.4 Å². The molecule has 0 bridgehead atoms. The lowest BCUT2D eigenvalue weighted by Crippen LogP contribution is -2.70. The fourth-order valence-electron chi connectivity index (χ4n) is 5.04. The third-order valence-electron chi connectivity index (χ3n) is 7.04. The number of thioether (sulfide) groups is 1. The topological polar surface area (TPSA) is 174 Å². The number of amides is 2. The molecule has 0 aromatic carbocycles. The number of rotatable bonds is 12. The summed E-state index contributed by atoms with van der Waals surface area (Å²) in [5.41, 5.74) is 15.0. The van der Waals surface area contributed by atoms with E-state index >= 15 is 0 Å². The number of carbonyl (C=O) groups excluding carboxylic acids is 3. The summed E-state index contributed by atoms with van der Waals surface area (Å²) in [7, 11) is 1.92. The van der Waals surface area contributed by atoms with E-state index < -0.39 is 23.2 Å². The molecule has 2 aliphatic heterocycles.